The zero-order valence-corrected chi connectivity index (χ0v) is 9.92. The minimum atomic E-state index is 0.278. The first kappa shape index (κ1) is 11.3. The lowest BCUT2D eigenvalue weighted by atomic mass is 9.99. The Hall–Kier alpha value is -1.22. The molecule has 1 atom stereocenters. The van der Waals surface area contributed by atoms with Gasteiger partial charge in [0.15, 0.2) is 11.5 Å². The number of rotatable bonds is 3. The van der Waals surface area contributed by atoms with Crippen LogP contribution < -0.4 is 10.1 Å². The van der Waals surface area contributed by atoms with E-state index in [2.05, 4.69) is 18.3 Å². The Kier molecular flexibility index (Phi) is 3.34. The monoisotopic (exact) mass is 221 g/mol. The van der Waals surface area contributed by atoms with Gasteiger partial charge in [-0.05, 0) is 37.4 Å². The second-order valence-corrected chi connectivity index (χ2v) is 4.24. The zero-order valence-electron chi connectivity index (χ0n) is 9.92. The summed E-state index contributed by atoms with van der Waals surface area (Å²) in [7, 11) is 1.60. The van der Waals surface area contributed by atoms with E-state index < -0.39 is 0 Å². The Labute approximate surface area is 96.4 Å². The summed E-state index contributed by atoms with van der Waals surface area (Å²) in [6.07, 6.45) is 3.21. The molecule has 1 aliphatic rings. The van der Waals surface area contributed by atoms with Crippen molar-refractivity contribution in [3.05, 3.63) is 23.3 Å². The number of methoxy groups -OCH3 is 1. The summed E-state index contributed by atoms with van der Waals surface area (Å²) in [4.78, 5) is 0. The van der Waals surface area contributed by atoms with Crippen LogP contribution in [0.25, 0.3) is 0 Å². The molecule has 0 aromatic heterocycles. The number of nitrogens with one attached hydrogen (secondary N) is 1. The predicted octanol–water partition coefficient (Wildman–Crippen LogP) is 2.39. The Morgan fingerprint density at radius 1 is 1.50 bits per heavy atom. The largest absolute Gasteiger partial charge is 0.504 e. The number of phenolic OH excluding ortho intramolecular Hbond substituents is 1. The molecule has 1 aliphatic heterocycles. The first-order chi connectivity index (χ1) is 7.76. The van der Waals surface area contributed by atoms with E-state index in [1.54, 1.807) is 7.11 Å². The van der Waals surface area contributed by atoms with Gasteiger partial charge in [0, 0.05) is 11.6 Å². The van der Waals surface area contributed by atoms with Crippen molar-refractivity contribution in [2.75, 3.05) is 13.7 Å². The summed E-state index contributed by atoms with van der Waals surface area (Å²) in [5.74, 6) is 0.877. The molecule has 1 unspecified atom stereocenters. The number of benzene rings is 1. The minimum absolute atomic E-state index is 0.278. The van der Waals surface area contributed by atoms with E-state index in [1.807, 2.05) is 6.07 Å². The van der Waals surface area contributed by atoms with Gasteiger partial charge in [0.25, 0.3) is 0 Å². The van der Waals surface area contributed by atoms with E-state index in [0.717, 1.165) is 24.9 Å². The van der Waals surface area contributed by atoms with E-state index >= 15 is 0 Å². The standard InChI is InChI=1S/C13H19NO2/c1-3-9-7-10(11-5-4-6-14-11)13(15)12(8-9)16-2/h7-8,11,14-15H,3-6H2,1-2H3. The van der Waals surface area contributed by atoms with Crippen molar-refractivity contribution >= 4 is 0 Å². The molecule has 2 N–H and O–H groups in total. The van der Waals surface area contributed by atoms with Gasteiger partial charge in [-0.25, -0.2) is 0 Å². The van der Waals surface area contributed by atoms with Gasteiger partial charge in [-0.1, -0.05) is 13.0 Å². The number of aryl methyl sites for hydroxylation is 1. The average molecular weight is 221 g/mol. The highest BCUT2D eigenvalue weighted by Gasteiger charge is 2.21. The average Bonchev–Trinajstić information content (AvgIpc) is 2.83. The lowest BCUT2D eigenvalue weighted by Gasteiger charge is -2.16. The summed E-state index contributed by atoms with van der Waals surface area (Å²) >= 11 is 0. The summed E-state index contributed by atoms with van der Waals surface area (Å²) in [5, 5.41) is 13.5. The number of ether oxygens (including phenoxy) is 1. The second-order valence-electron chi connectivity index (χ2n) is 4.24. The van der Waals surface area contributed by atoms with Gasteiger partial charge in [-0.15, -0.1) is 0 Å². The molecule has 88 valence electrons. The van der Waals surface area contributed by atoms with Crippen molar-refractivity contribution in [3.63, 3.8) is 0 Å². The molecule has 3 heteroatoms. The molecule has 0 spiro atoms. The predicted molar refractivity (Wildman–Crippen MR) is 64.0 cm³/mol. The van der Waals surface area contributed by atoms with Crippen LogP contribution in [0, 0.1) is 0 Å². The fraction of sp³-hybridized carbons (Fsp3) is 0.538. The lowest BCUT2D eigenvalue weighted by molar-refractivity contribution is 0.367. The lowest BCUT2D eigenvalue weighted by Crippen LogP contribution is -2.13. The Morgan fingerprint density at radius 3 is 2.88 bits per heavy atom. The van der Waals surface area contributed by atoms with E-state index in [4.69, 9.17) is 4.74 Å². The Morgan fingerprint density at radius 2 is 2.31 bits per heavy atom. The molecule has 2 rings (SSSR count). The molecular weight excluding hydrogens is 202 g/mol. The van der Waals surface area contributed by atoms with Crippen LogP contribution in [0.15, 0.2) is 12.1 Å². The summed E-state index contributed by atoms with van der Waals surface area (Å²) in [6, 6.07) is 4.27. The van der Waals surface area contributed by atoms with Crippen LogP contribution in [0.3, 0.4) is 0 Å². The zero-order chi connectivity index (χ0) is 11.5. The molecule has 3 nitrogen and oxygen atoms in total. The molecule has 1 heterocycles. The van der Waals surface area contributed by atoms with Gasteiger partial charge in [0.2, 0.25) is 0 Å². The molecule has 1 aromatic rings. The van der Waals surface area contributed by atoms with Gasteiger partial charge in [0.05, 0.1) is 7.11 Å². The van der Waals surface area contributed by atoms with Crippen molar-refractivity contribution in [1.82, 2.24) is 5.32 Å². The maximum atomic E-state index is 10.1. The van der Waals surface area contributed by atoms with Gasteiger partial charge in [-0.3, -0.25) is 0 Å². The van der Waals surface area contributed by atoms with Crippen LogP contribution in [0.1, 0.15) is 36.9 Å². The highest BCUT2D eigenvalue weighted by molar-refractivity contribution is 5.50. The van der Waals surface area contributed by atoms with Crippen LogP contribution in [0.4, 0.5) is 0 Å². The molecule has 0 saturated carbocycles. The summed E-state index contributed by atoms with van der Waals surface area (Å²) < 4.78 is 5.21. The van der Waals surface area contributed by atoms with E-state index in [-0.39, 0.29) is 6.04 Å². The van der Waals surface area contributed by atoms with Crippen molar-refractivity contribution in [2.24, 2.45) is 0 Å². The first-order valence-corrected chi connectivity index (χ1v) is 5.89. The fourth-order valence-electron chi connectivity index (χ4n) is 2.26. The van der Waals surface area contributed by atoms with Gasteiger partial charge in [-0.2, -0.15) is 0 Å². The third kappa shape index (κ3) is 2.00. The molecule has 0 amide bonds. The molecular formula is C13H19NO2. The van der Waals surface area contributed by atoms with Crippen molar-refractivity contribution in [3.8, 4) is 11.5 Å². The van der Waals surface area contributed by atoms with E-state index in [1.165, 1.54) is 12.0 Å². The molecule has 0 bridgehead atoms. The van der Waals surface area contributed by atoms with Gasteiger partial charge in [0.1, 0.15) is 0 Å². The van der Waals surface area contributed by atoms with Crippen molar-refractivity contribution < 1.29 is 9.84 Å². The molecule has 1 aromatic carbocycles. The fourth-order valence-corrected chi connectivity index (χ4v) is 2.26. The van der Waals surface area contributed by atoms with E-state index in [0.29, 0.717) is 11.5 Å². The van der Waals surface area contributed by atoms with Gasteiger partial charge < -0.3 is 15.2 Å². The number of aromatic hydroxyl groups is 1. The Bertz CT molecular complexity index is 370. The van der Waals surface area contributed by atoms with Gasteiger partial charge >= 0.3 is 0 Å². The van der Waals surface area contributed by atoms with Crippen LogP contribution in [-0.4, -0.2) is 18.8 Å². The van der Waals surface area contributed by atoms with Crippen LogP contribution in [0.5, 0.6) is 11.5 Å². The van der Waals surface area contributed by atoms with E-state index in [9.17, 15) is 5.11 Å². The second kappa shape index (κ2) is 4.74. The molecule has 16 heavy (non-hydrogen) atoms. The minimum Gasteiger partial charge on any atom is -0.504 e. The maximum Gasteiger partial charge on any atom is 0.162 e. The summed E-state index contributed by atoms with van der Waals surface area (Å²) in [6.45, 7) is 3.14. The number of hydrogen-bond donors (Lipinski definition) is 2. The summed E-state index contributed by atoms with van der Waals surface area (Å²) in [5.41, 5.74) is 2.19. The Balaban J connectivity index is 2.41. The number of phenols is 1. The maximum absolute atomic E-state index is 10.1. The molecule has 0 aliphatic carbocycles. The van der Waals surface area contributed by atoms with Crippen molar-refractivity contribution in [1.29, 1.82) is 0 Å². The molecule has 1 fully saturated rings. The van der Waals surface area contributed by atoms with Crippen molar-refractivity contribution in [2.45, 2.75) is 32.2 Å². The van der Waals surface area contributed by atoms with Crippen LogP contribution in [0.2, 0.25) is 0 Å². The third-order valence-corrected chi connectivity index (χ3v) is 3.23. The SMILES string of the molecule is CCc1cc(OC)c(O)c(C2CCCN2)c1. The highest BCUT2D eigenvalue weighted by atomic mass is 16.5. The highest BCUT2D eigenvalue weighted by Crippen LogP contribution is 2.38. The topological polar surface area (TPSA) is 41.5 Å². The third-order valence-electron chi connectivity index (χ3n) is 3.23. The quantitative estimate of drug-likeness (QED) is 0.823. The molecule has 1 saturated heterocycles. The van der Waals surface area contributed by atoms with Crippen LogP contribution >= 0.6 is 0 Å². The number of hydrogen-bond acceptors (Lipinski definition) is 3. The first-order valence-electron chi connectivity index (χ1n) is 5.89. The van der Waals surface area contributed by atoms with Crippen LogP contribution in [-0.2, 0) is 6.42 Å². The molecule has 0 radical (unpaired) electrons. The smallest absolute Gasteiger partial charge is 0.162 e. The normalized spacial score (nSPS) is 20.0.